The summed E-state index contributed by atoms with van der Waals surface area (Å²) in [5.74, 6) is 0.0753. The second-order valence-electron chi connectivity index (χ2n) is 9.70. The molecule has 4 aromatic rings. The molecular formula is C29H26N4O2. The summed E-state index contributed by atoms with van der Waals surface area (Å²) in [5, 5.41) is 4.48. The van der Waals surface area contributed by atoms with E-state index in [-0.39, 0.29) is 24.1 Å². The first-order valence-corrected chi connectivity index (χ1v) is 12.4. The van der Waals surface area contributed by atoms with E-state index in [1.54, 1.807) is 6.20 Å². The minimum atomic E-state index is -0.201. The first kappa shape index (κ1) is 20.4. The fourth-order valence-corrected chi connectivity index (χ4v) is 6.22. The smallest absolute Gasteiger partial charge is 0.410 e. The number of amides is 1. The lowest BCUT2D eigenvalue weighted by Crippen LogP contribution is -2.52. The van der Waals surface area contributed by atoms with Gasteiger partial charge in [-0.2, -0.15) is 5.10 Å². The molecule has 2 atom stereocenters. The van der Waals surface area contributed by atoms with Crippen LogP contribution in [-0.4, -0.2) is 44.3 Å². The molecule has 0 radical (unpaired) electrons. The minimum absolute atomic E-state index is 0.0439. The summed E-state index contributed by atoms with van der Waals surface area (Å²) in [6, 6.07) is 20.9. The largest absolute Gasteiger partial charge is 0.448 e. The maximum Gasteiger partial charge on any atom is 0.410 e. The lowest BCUT2D eigenvalue weighted by molar-refractivity contribution is 0.0538. The normalized spacial score (nSPS) is 20.9. The number of imidazole rings is 1. The number of piperidine rings is 1. The van der Waals surface area contributed by atoms with Gasteiger partial charge in [-0.25, -0.2) is 14.3 Å². The van der Waals surface area contributed by atoms with E-state index in [0.717, 1.165) is 37.0 Å². The molecule has 1 fully saturated rings. The van der Waals surface area contributed by atoms with Gasteiger partial charge in [0.05, 0.1) is 17.9 Å². The molecule has 2 aromatic carbocycles. The quantitative estimate of drug-likeness (QED) is 0.393. The Morgan fingerprint density at radius 2 is 1.74 bits per heavy atom. The minimum Gasteiger partial charge on any atom is -0.448 e. The first-order valence-electron chi connectivity index (χ1n) is 12.4. The molecule has 7 rings (SSSR count). The highest BCUT2D eigenvalue weighted by Gasteiger charge is 2.39. The molecule has 1 amide bonds. The topological polar surface area (TPSA) is 59.7 Å². The van der Waals surface area contributed by atoms with Crippen molar-refractivity contribution in [3.63, 3.8) is 0 Å². The standard InChI is InChI=1S/C29H26N4O2/c34-29(35-18-26-24-11-3-1-9-22(24)23-10-2-4-12-25(23)26)32-20-7-5-8-21(32)16-19(15-20)27-17-30-28-13-6-14-31-33(27)28/h1-4,6,9-15,17,20-21,26H,5,7-8,16,18H2. The van der Waals surface area contributed by atoms with Crippen LogP contribution in [0.3, 0.4) is 0 Å². The summed E-state index contributed by atoms with van der Waals surface area (Å²) >= 11 is 0. The number of carbonyl (C=O) groups excluding carboxylic acids is 1. The third-order valence-corrected chi connectivity index (χ3v) is 7.79. The van der Waals surface area contributed by atoms with E-state index in [9.17, 15) is 4.79 Å². The zero-order valence-electron chi connectivity index (χ0n) is 19.4. The van der Waals surface area contributed by atoms with E-state index < -0.39 is 0 Å². The molecular weight excluding hydrogens is 436 g/mol. The lowest BCUT2D eigenvalue weighted by Gasteiger charge is -2.44. The SMILES string of the molecule is O=C(OCC1c2ccccc2-c2ccccc21)N1C2C=C(c3cnc4cccnn34)CC1CCC2. The van der Waals surface area contributed by atoms with Crippen molar-refractivity contribution in [2.24, 2.45) is 0 Å². The van der Waals surface area contributed by atoms with Crippen molar-refractivity contribution in [2.45, 2.75) is 43.7 Å². The highest BCUT2D eigenvalue weighted by molar-refractivity contribution is 5.79. The summed E-state index contributed by atoms with van der Waals surface area (Å²) in [7, 11) is 0. The Bertz CT molecular complexity index is 1430. The molecule has 6 heteroatoms. The third-order valence-electron chi connectivity index (χ3n) is 7.79. The summed E-state index contributed by atoms with van der Waals surface area (Å²) in [6.45, 7) is 0.358. The number of benzene rings is 2. The second kappa shape index (κ2) is 8.08. The Balaban J connectivity index is 1.14. The summed E-state index contributed by atoms with van der Waals surface area (Å²) in [5.41, 5.74) is 8.04. The number of hydrogen-bond donors (Lipinski definition) is 0. The van der Waals surface area contributed by atoms with E-state index in [4.69, 9.17) is 4.74 Å². The van der Waals surface area contributed by atoms with Crippen LogP contribution in [0.15, 0.2) is 79.1 Å². The molecule has 2 unspecified atom stereocenters. The van der Waals surface area contributed by atoms with Gasteiger partial charge >= 0.3 is 6.09 Å². The molecule has 0 spiro atoms. The number of rotatable bonds is 3. The van der Waals surface area contributed by atoms with Crippen LogP contribution < -0.4 is 0 Å². The van der Waals surface area contributed by atoms with Gasteiger partial charge in [0.1, 0.15) is 6.61 Å². The van der Waals surface area contributed by atoms with Crippen molar-refractivity contribution in [3.8, 4) is 11.1 Å². The van der Waals surface area contributed by atoms with Crippen molar-refractivity contribution < 1.29 is 9.53 Å². The van der Waals surface area contributed by atoms with Gasteiger partial charge in [-0.3, -0.25) is 4.90 Å². The third kappa shape index (κ3) is 3.27. The average molecular weight is 463 g/mol. The van der Waals surface area contributed by atoms with Crippen LogP contribution in [-0.2, 0) is 4.74 Å². The molecule has 1 saturated heterocycles. The monoisotopic (exact) mass is 462 g/mol. The summed E-state index contributed by atoms with van der Waals surface area (Å²) in [6.07, 6.45) is 9.57. The van der Waals surface area contributed by atoms with E-state index in [2.05, 4.69) is 64.7 Å². The van der Waals surface area contributed by atoms with E-state index in [1.165, 1.54) is 27.8 Å². The van der Waals surface area contributed by atoms with Crippen molar-refractivity contribution in [2.75, 3.05) is 6.61 Å². The fourth-order valence-electron chi connectivity index (χ4n) is 6.22. The van der Waals surface area contributed by atoms with Crippen molar-refractivity contribution in [1.29, 1.82) is 0 Å². The van der Waals surface area contributed by atoms with E-state index in [1.807, 2.05) is 27.7 Å². The summed E-state index contributed by atoms with van der Waals surface area (Å²) in [4.78, 5) is 19.9. The molecule has 0 saturated carbocycles. The van der Waals surface area contributed by atoms with Gasteiger partial charge in [0, 0.05) is 18.2 Å². The van der Waals surface area contributed by atoms with Gasteiger partial charge in [0.25, 0.3) is 0 Å². The number of ether oxygens (including phenoxy) is 1. The zero-order chi connectivity index (χ0) is 23.4. The van der Waals surface area contributed by atoms with Crippen molar-refractivity contribution >= 4 is 17.3 Å². The molecule has 1 aliphatic carbocycles. The Hall–Kier alpha value is -3.93. The number of nitrogens with zero attached hydrogens (tertiary/aromatic N) is 4. The maximum atomic E-state index is 13.4. The predicted octanol–water partition coefficient (Wildman–Crippen LogP) is 5.69. The van der Waals surface area contributed by atoms with Crippen LogP contribution in [0.25, 0.3) is 22.3 Å². The summed E-state index contributed by atoms with van der Waals surface area (Å²) < 4.78 is 7.93. The van der Waals surface area contributed by atoms with Gasteiger partial charge in [0.15, 0.2) is 5.65 Å². The Labute approximate surface area is 203 Å². The van der Waals surface area contributed by atoms with E-state index >= 15 is 0 Å². The molecule has 2 aromatic heterocycles. The van der Waals surface area contributed by atoms with Crippen LogP contribution >= 0.6 is 0 Å². The van der Waals surface area contributed by atoms with Crippen LogP contribution in [0.1, 0.15) is 48.4 Å². The number of carbonyl (C=O) groups is 1. The van der Waals surface area contributed by atoms with Crippen LogP contribution in [0.4, 0.5) is 4.79 Å². The average Bonchev–Trinajstić information content (AvgIpc) is 3.46. The van der Waals surface area contributed by atoms with Crippen LogP contribution in [0.2, 0.25) is 0 Å². The number of hydrogen-bond acceptors (Lipinski definition) is 4. The van der Waals surface area contributed by atoms with Gasteiger partial charge in [-0.1, -0.05) is 54.6 Å². The van der Waals surface area contributed by atoms with Crippen molar-refractivity contribution in [3.05, 3.63) is 96.0 Å². The van der Waals surface area contributed by atoms with E-state index in [0.29, 0.717) is 6.61 Å². The highest BCUT2D eigenvalue weighted by atomic mass is 16.6. The van der Waals surface area contributed by atoms with Gasteiger partial charge in [0.2, 0.25) is 0 Å². The molecule has 2 aliphatic heterocycles. The van der Waals surface area contributed by atoms with Crippen LogP contribution in [0.5, 0.6) is 0 Å². The maximum absolute atomic E-state index is 13.4. The number of fused-ring (bicyclic) bond motifs is 6. The number of aromatic nitrogens is 3. The molecule has 0 N–H and O–H groups in total. The Morgan fingerprint density at radius 3 is 2.51 bits per heavy atom. The van der Waals surface area contributed by atoms with Crippen LogP contribution in [0, 0.1) is 0 Å². The Kier molecular flexibility index (Phi) is 4.72. The second-order valence-corrected chi connectivity index (χ2v) is 9.70. The zero-order valence-corrected chi connectivity index (χ0v) is 19.4. The van der Waals surface area contributed by atoms with Gasteiger partial charge < -0.3 is 4.74 Å². The molecule has 3 aliphatic rings. The highest BCUT2D eigenvalue weighted by Crippen LogP contribution is 2.45. The lowest BCUT2D eigenvalue weighted by atomic mass is 9.84. The molecule has 174 valence electrons. The predicted molar refractivity (Wildman–Crippen MR) is 134 cm³/mol. The fraction of sp³-hybridized carbons (Fsp3) is 0.276. The van der Waals surface area contributed by atoms with Gasteiger partial charge in [-0.05, 0) is 65.6 Å². The van der Waals surface area contributed by atoms with Crippen molar-refractivity contribution in [1.82, 2.24) is 19.5 Å². The Morgan fingerprint density at radius 1 is 0.971 bits per heavy atom. The van der Waals surface area contributed by atoms with Gasteiger partial charge in [-0.15, -0.1) is 0 Å². The molecule has 6 nitrogen and oxygen atoms in total. The first-order chi connectivity index (χ1) is 17.3. The molecule has 35 heavy (non-hydrogen) atoms. The molecule has 2 bridgehead atoms. The molecule has 4 heterocycles.